The van der Waals surface area contributed by atoms with E-state index in [1.165, 1.54) is 6.92 Å². The van der Waals surface area contributed by atoms with Gasteiger partial charge < -0.3 is 15.2 Å². The summed E-state index contributed by atoms with van der Waals surface area (Å²) in [6, 6.07) is -0.989. The first-order valence-electron chi connectivity index (χ1n) is 4.26. The zero-order valence-corrected chi connectivity index (χ0v) is 8.04. The first kappa shape index (κ1) is 13.9. The molecule has 2 N–H and O–H groups in total. The molecule has 7 heteroatoms. The van der Waals surface area contributed by atoms with Crippen LogP contribution in [-0.4, -0.2) is 35.6 Å². The maximum atomic E-state index is 11.8. The van der Waals surface area contributed by atoms with Crippen molar-refractivity contribution in [2.45, 2.75) is 38.1 Å². The Morgan fingerprint density at radius 2 is 2.07 bits per heavy atom. The lowest BCUT2D eigenvalue weighted by Gasteiger charge is -2.18. The maximum Gasteiger partial charge on any atom is 0.471 e. The average molecular weight is 227 g/mol. The highest BCUT2D eigenvalue weighted by atomic mass is 19.4. The van der Waals surface area contributed by atoms with Gasteiger partial charge in [-0.1, -0.05) is 0 Å². The third-order valence-corrected chi connectivity index (χ3v) is 1.60. The van der Waals surface area contributed by atoms with Crippen LogP contribution >= 0.6 is 0 Å². The first-order chi connectivity index (χ1) is 6.77. The molecule has 0 aromatic rings. The number of rotatable bonds is 5. The van der Waals surface area contributed by atoms with E-state index in [2.05, 4.69) is 0 Å². The summed E-state index contributed by atoms with van der Waals surface area (Å²) in [5.74, 6) is -2.10. The second-order valence-electron chi connectivity index (χ2n) is 3.16. The fourth-order valence-corrected chi connectivity index (χ4v) is 1.01. The molecule has 15 heavy (non-hydrogen) atoms. The number of aldehydes is 1. The number of alkyl halides is 3. The van der Waals surface area contributed by atoms with Crippen molar-refractivity contribution in [3.05, 3.63) is 0 Å². The van der Waals surface area contributed by atoms with Gasteiger partial charge in [0.15, 0.2) is 0 Å². The summed E-state index contributed by atoms with van der Waals surface area (Å²) < 4.78 is 35.5. The minimum atomic E-state index is -4.97. The van der Waals surface area contributed by atoms with Gasteiger partial charge in [0.05, 0.1) is 6.10 Å². The van der Waals surface area contributed by atoms with E-state index in [0.29, 0.717) is 6.29 Å². The van der Waals surface area contributed by atoms with Crippen molar-refractivity contribution in [1.82, 2.24) is 5.32 Å². The minimum Gasteiger partial charge on any atom is -0.393 e. The summed E-state index contributed by atoms with van der Waals surface area (Å²) in [7, 11) is 0. The van der Waals surface area contributed by atoms with E-state index in [1.807, 2.05) is 0 Å². The van der Waals surface area contributed by atoms with Gasteiger partial charge in [-0.25, -0.2) is 0 Å². The third kappa shape index (κ3) is 6.05. The van der Waals surface area contributed by atoms with E-state index in [9.17, 15) is 22.8 Å². The van der Waals surface area contributed by atoms with E-state index >= 15 is 0 Å². The highest BCUT2D eigenvalue weighted by Crippen LogP contribution is 2.15. The van der Waals surface area contributed by atoms with Crippen LogP contribution in [0, 0.1) is 0 Å². The van der Waals surface area contributed by atoms with Gasteiger partial charge in [-0.05, 0) is 13.3 Å². The molecule has 1 amide bonds. The van der Waals surface area contributed by atoms with Gasteiger partial charge in [0.1, 0.15) is 6.29 Å². The van der Waals surface area contributed by atoms with Gasteiger partial charge in [-0.3, -0.25) is 4.79 Å². The van der Waals surface area contributed by atoms with Crippen molar-refractivity contribution >= 4 is 12.2 Å². The van der Waals surface area contributed by atoms with Gasteiger partial charge in [0, 0.05) is 12.5 Å². The fourth-order valence-electron chi connectivity index (χ4n) is 1.01. The standard InChI is InChI=1S/C8H12F3NO3/c1-5(14)4-6(2-3-13)12-7(15)8(9,10)11/h3,5-6,14H,2,4H2,1H3,(H,12,15)/t5-,6-/m0/s1. The van der Waals surface area contributed by atoms with E-state index in [0.717, 1.165) is 0 Å². The average Bonchev–Trinajstić information content (AvgIpc) is 2.01. The lowest BCUT2D eigenvalue weighted by atomic mass is 10.1. The number of halogens is 3. The zero-order valence-electron chi connectivity index (χ0n) is 8.04. The molecule has 0 saturated heterocycles. The predicted molar refractivity (Wildman–Crippen MR) is 45.0 cm³/mol. The number of hydrogen-bond acceptors (Lipinski definition) is 3. The second kappa shape index (κ2) is 5.69. The number of carbonyl (C=O) groups is 2. The van der Waals surface area contributed by atoms with Crippen LogP contribution in [-0.2, 0) is 9.59 Å². The van der Waals surface area contributed by atoms with Gasteiger partial charge in [0.2, 0.25) is 0 Å². The van der Waals surface area contributed by atoms with E-state index in [1.54, 1.807) is 5.32 Å². The number of amides is 1. The minimum absolute atomic E-state index is 0.0967. The van der Waals surface area contributed by atoms with Gasteiger partial charge in [-0.15, -0.1) is 0 Å². The molecular weight excluding hydrogens is 215 g/mol. The Hall–Kier alpha value is -1.11. The number of nitrogens with one attached hydrogen (secondary N) is 1. The molecule has 0 bridgehead atoms. The molecule has 88 valence electrons. The maximum absolute atomic E-state index is 11.8. The quantitative estimate of drug-likeness (QED) is 0.668. The molecule has 0 aromatic heterocycles. The van der Waals surface area contributed by atoms with E-state index in [-0.39, 0.29) is 12.8 Å². The van der Waals surface area contributed by atoms with Crippen LogP contribution in [0.3, 0.4) is 0 Å². The predicted octanol–water partition coefficient (Wildman–Crippen LogP) is 0.393. The molecule has 0 aliphatic carbocycles. The smallest absolute Gasteiger partial charge is 0.393 e. The Balaban J connectivity index is 4.28. The Labute approximate surface area is 84.5 Å². The molecule has 2 atom stereocenters. The zero-order chi connectivity index (χ0) is 12.1. The summed E-state index contributed by atoms with van der Waals surface area (Å²) in [6.07, 6.45) is -5.82. The molecule has 0 unspecified atom stereocenters. The van der Waals surface area contributed by atoms with Crippen molar-refractivity contribution in [1.29, 1.82) is 0 Å². The Kier molecular flexibility index (Phi) is 5.27. The summed E-state index contributed by atoms with van der Waals surface area (Å²) in [4.78, 5) is 20.6. The lowest BCUT2D eigenvalue weighted by Crippen LogP contribution is -2.44. The number of aliphatic hydroxyl groups excluding tert-OH is 1. The number of carbonyl (C=O) groups excluding carboxylic acids is 2. The normalized spacial score (nSPS) is 15.5. The SMILES string of the molecule is C[C@H](O)C[C@H](CC=O)NC(=O)C(F)(F)F. The second-order valence-corrected chi connectivity index (χ2v) is 3.16. The van der Waals surface area contributed by atoms with Crippen LogP contribution in [0.5, 0.6) is 0 Å². The van der Waals surface area contributed by atoms with E-state index < -0.39 is 24.2 Å². The van der Waals surface area contributed by atoms with Crippen molar-refractivity contribution in [2.24, 2.45) is 0 Å². The molecule has 0 fully saturated rings. The van der Waals surface area contributed by atoms with Crippen molar-refractivity contribution < 1.29 is 27.9 Å². The van der Waals surface area contributed by atoms with Crippen LogP contribution in [0.1, 0.15) is 19.8 Å². The van der Waals surface area contributed by atoms with Gasteiger partial charge in [0.25, 0.3) is 0 Å². The molecule has 4 nitrogen and oxygen atoms in total. The molecule has 0 radical (unpaired) electrons. The summed E-state index contributed by atoms with van der Waals surface area (Å²) in [6.45, 7) is 1.36. The van der Waals surface area contributed by atoms with Crippen LogP contribution in [0.25, 0.3) is 0 Å². The largest absolute Gasteiger partial charge is 0.471 e. The molecule has 0 aliphatic rings. The highest BCUT2D eigenvalue weighted by molar-refractivity contribution is 5.82. The molecule has 0 aromatic carbocycles. The molecule has 0 spiro atoms. The highest BCUT2D eigenvalue weighted by Gasteiger charge is 2.39. The van der Waals surface area contributed by atoms with E-state index in [4.69, 9.17) is 5.11 Å². The number of aliphatic hydroxyl groups is 1. The third-order valence-electron chi connectivity index (χ3n) is 1.60. The summed E-state index contributed by atoms with van der Waals surface area (Å²) in [5.41, 5.74) is 0. The Bertz CT molecular complexity index is 228. The fraction of sp³-hybridized carbons (Fsp3) is 0.750. The monoisotopic (exact) mass is 227 g/mol. The van der Waals surface area contributed by atoms with Crippen molar-refractivity contribution in [3.8, 4) is 0 Å². The summed E-state index contributed by atoms with van der Waals surface area (Å²) >= 11 is 0. The van der Waals surface area contributed by atoms with Crippen LogP contribution in [0.15, 0.2) is 0 Å². The molecule has 0 saturated carbocycles. The Morgan fingerprint density at radius 3 is 2.40 bits per heavy atom. The molecule has 0 rings (SSSR count). The molecule has 0 aliphatic heterocycles. The van der Waals surface area contributed by atoms with Crippen molar-refractivity contribution in [3.63, 3.8) is 0 Å². The molecular formula is C8H12F3NO3. The topological polar surface area (TPSA) is 66.4 Å². The number of hydrogen-bond donors (Lipinski definition) is 2. The molecule has 0 heterocycles. The van der Waals surface area contributed by atoms with Gasteiger partial charge in [-0.2, -0.15) is 13.2 Å². The lowest BCUT2D eigenvalue weighted by molar-refractivity contribution is -0.174. The van der Waals surface area contributed by atoms with Crippen LogP contribution < -0.4 is 5.32 Å². The van der Waals surface area contributed by atoms with Gasteiger partial charge >= 0.3 is 12.1 Å². The summed E-state index contributed by atoms with van der Waals surface area (Å²) in [5, 5.41) is 10.6. The Morgan fingerprint density at radius 1 is 1.53 bits per heavy atom. The van der Waals surface area contributed by atoms with Crippen LogP contribution in [0.2, 0.25) is 0 Å². The first-order valence-corrected chi connectivity index (χ1v) is 4.26. The van der Waals surface area contributed by atoms with Crippen molar-refractivity contribution in [2.75, 3.05) is 0 Å². The van der Waals surface area contributed by atoms with Crippen LogP contribution in [0.4, 0.5) is 13.2 Å².